The van der Waals surface area contributed by atoms with Gasteiger partial charge in [0, 0.05) is 12.4 Å². The Morgan fingerprint density at radius 1 is 1.28 bits per heavy atom. The first kappa shape index (κ1) is 12.0. The van der Waals surface area contributed by atoms with Gasteiger partial charge >= 0.3 is 0 Å². The fraction of sp³-hybridized carbons (Fsp3) is 0.0833. The lowest BCUT2D eigenvalue weighted by atomic mass is 10.1. The Hall–Kier alpha value is -2.50. The molecule has 0 spiro atoms. The molecule has 3 N–H and O–H groups in total. The summed E-state index contributed by atoms with van der Waals surface area (Å²) in [5.74, 6) is -0.294. The van der Waals surface area contributed by atoms with E-state index in [4.69, 9.17) is 15.9 Å². The van der Waals surface area contributed by atoms with Crippen LogP contribution in [0.4, 0.5) is 4.39 Å². The Morgan fingerprint density at radius 2 is 2.00 bits per heavy atom. The van der Waals surface area contributed by atoms with Crippen LogP contribution in [0, 0.1) is 11.2 Å². The number of benzene rings is 1. The third-order valence-corrected chi connectivity index (χ3v) is 2.22. The number of nitrogens with two attached hydrogens (primary N) is 1. The lowest BCUT2D eigenvalue weighted by Crippen LogP contribution is -2.15. The average Bonchev–Trinajstić information content (AvgIpc) is 2.37. The summed E-state index contributed by atoms with van der Waals surface area (Å²) in [4.78, 5) is 7.95. The van der Waals surface area contributed by atoms with Gasteiger partial charge in [0.1, 0.15) is 24.0 Å². The third-order valence-electron chi connectivity index (χ3n) is 2.22. The number of rotatable bonds is 4. The molecular formula is C12H11FN4O. The van der Waals surface area contributed by atoms with Crippen molar-refractivity contribution in [3.05, 3.63) is 53.9 Å². The molecule has 1 aromatic heterocycles. The molecular weight excluding hydrogens is 235 g/mol. The molecule has 2 aromatic rings. The van der Waals surface area contributed by atoms with Crippen molar-refractivity contribution in [1.29, 1.82) is 5.41 Å². The van der Waals surface area contributed by atoms with Crippen LogP contribution in [0.2, 0.25) is 0 Å². The first-order chi connectivity index (χ1) is 8.68. The molecule has 92 valence electrons. The molecule has 0 unspecified atom stereocenters. The highest BCUT2D eigenvalue weighted by molar-refractivity contribution is 5.97. The fourth-order valence-corrected chi connectivity index (χ4v) is 1.43. The first-order valence-electron chi connectivity index (χ1n) is 5.20. The number of nitrogen functional groups attached to an aromatic ring is 1. The second kappa shape index (κ2) is 5.22. The number of aromatic nitrogens is 2. The van der Waals surface area contributed by atoms with Crippen LogP contribution in [0.25, 0.3) is 0 Å². The molecule has 18 heavy (non-hydrogen) atoms. The van der Waals surface area contributed by atoms with Gasteiger partial charge in [0.05, 0.1) is 5.56 Å². The summed E-state index contributed by atoms with van der Waals surface area (Å²) in [6.07, 6.45) is 3.17. The Labute approximate surface area is 103 Å². The summed E-state index contributed by atoms with van der Waals surface area (Å²) in [5, 5.41) is 7.33. The van der Waals surface area contributed by atoms with E-state index in [9.17, 15) is 4.39 Å². The molecule has 1 heterocycles. The van der Waals surface area contributed by atoms with Crippen molar-refractivity contribution < 1.29 is 9.13 Å². The molecule has 0 saturated carbocycles. The van der Waals surface area contributed by atoms with Crippen LogP contribution in [-0.4, -0.2) is 15.8 Å². The minimum Gasteiger partial charge on any atom is -0.485 e. The van der Waals surface area contributed by atoms with Gasteiger partial charge < -0.3 is 10.5 Å². The highest BCUT2D eigenvalue weighted by atomic mass is 19.1. The van der Waals surface area contributed by atoms with Crippen LogP contribution in [0.3, 0.4) is 0 Å². The van der Waals surface area contributed by atoms with Gasteiger partial charge in [-0.25, -0.2) is 14.4 Å². The van der Waals surface area contributed by atoms with Crippen molar-refractivity contribution in [3.63, 3.8) is 0 Å². The first-order valence-corrected chi connectivity index (χ1v) is 5.20. The van der Waals surface area contributed by atoms with Crippen molar-refractivity contribution in [3.8, 4) is 5.75 Å². The molecule has 5 nitrogen and oxygen atoms in total. The summed E-state index contributed by atoms with van der Waals surface area (Å²) in [7, 11) is 0. The predicted octanol–water partition coefficient (Wildman–Crippen LogP) is 1.48. The molecule has 0 atom stereocenters. The van der Waals surface area contributed by atoms with Gasteiger partial charge in [0.15, 0.2) is 5.82 Å². The standard InChI is InChI=1S/C12H11FN4O/c13-8-3-1-4-9(11(8)12(14)15)18-7-10-16-5-2-6-17-10/h1-6H,7H2,(H3,14,15). The summed E-state index contributed by atoms with van der Waals surface area (Å²) >= 11 is 0. The maximum absolute atomic E-state index is 13.5. The van der Waals surface area contributed by atoms with Gasteiger partial charge in [0.2, 0.25) is 0 Å². The topological polar surface area (TPSA) is 84.9 Å². The molecule has 0 aliphatic heterocycles. The maximum atomic E-state index is 13.5. The molecule has 1 aromatic carbocycles. The minimum atomic E-state index is -0.589. The smallest absolute Gasteiger partial charge is 0.166 e. The Bertz CT molecular complexity index is 559. The number of nitrogens with one attached hydrogen (secondary N) is 1. The van der Waals surface area contributed by atoms with Gasteiger partial charge in [0.25, 0.3) is 0 Å². The van der Waals surface area contributed by atoms with Gasteiger partial charge in [-0.1, -0.05) is 6.07 Å². The molecule has 0 radical (unpaired) electrons. The van der Waals surface area contributed by atoms with Crippen molar-refractivity contribution in [1.82, 2.24) is 9.97 Å². The van der Waals surface area contributed by atoms with Crippen molar-refractivity contribution in [2.45, 2.75) is 6.61 Å². The quantitative estimate of drug-likeness (QED) is 0.632. The van der Waals surface area contributed by atoms with E-state index in [1.807, 2.05) is 0 Å². The third kappa shape index (κ3) is 2.60. The normalized spacial score (nSPS) is 10.1. The van der Waals surface area contributed by atoms with E-state index in [1.165, 1.54) is 12.1 Å². The van der Waals surface area contributed by atoms with E-state index in [1.54, 1.807) is 24.5 Å². The Balaban J connectivity index is 2.20. The van der Waals surface area contributed by atoms with E-state index in [0.717, 1.165) is 0 Å². The lowest BCUT2D eigenvalue weighted by molar-refractivity contribution is 0.293. The number of amidine groups is 1. The summed E-state index contributed by atoms with van der Waals surface area (Å²) in [6.45, 7) is 0.0879. The van der Waals surface area contributed by atoms with Gasteiger partial charge in [-0.3, -0.25) is 5.41 Å². The van der Waals surface area contributed by atoms with E-state index >= 15 is 0 Å². The predicted molar refractivity (Wildman–Crippen MR) is 63.8 cm³/mol. The van der Waals surface area contributed by atoms with Gasteiger partial charge in [-0.2, -0.15) is 0 Å². The molecule has 0 aliphatic rings. The molecule has 0 saturated heterocycles. The van der Waals surface area contributed by atoms with Crippen LogP contribution in [-0.2, 0) is 6.61 Å². The summed E-state index contributed by atoms with van der Waals surface area (Å²) < 4.78 is 18.9. The van der Waals surface area contributed by atoms with E-state index in [2.05, 4.69) is 9.97 Å². The van der Waals surface area contributed by atoms with Crippen molar-refractivity contribution >= 4 is 5.84 Å². The van der Waals surface area contributed by atoms with Crippen LogP contribution >= 0.6 is 0 Å². The minimum absolute atomic E-state index is 0.0477. The zero-order chi connectivity index (χ0) is 13.0. The zero-order valence-corrected chi connectivity index (χ0v) is 9.43. The second-order valence-electron chi connectivity index (χ2n) is 3.48. The van der Waals surface area contributed by atoms with Gasteiger partial charge in [-0.05, 0) is 18.2 Å². The molecule has 0 amide bonds. The van der Waals surface area contributed by atoms with Crippen molar-refractivity contribution in [2.75, 3.05) is 0 Å². The zero-order valence-electron chi connectivity index (χ0n) is 9.43. The number of halogens is 1. The Morgan fingerprint density at radius 3 is 2.67 bits per heavy atom. The lowest BCUT2D eigenvalue weighted by Gasteiger charge is -2.10. The second-order valence-corrected chi connectivity index (χ2v) is 3.48. The molecule has 2 rings (SSSR count). The largest absolute Gasteiger partial charge is 0.485 e. The van der Waals surface area contributed by atoms with Gasteiger partial charge in [-0.15, -0.1) is 0 Å². The number of hydrogen-bond acceptors (Lipinski definition) is 4. The van der Waals surface area contributed by atoms with Crippen LogP contribution in [0.5, 0.6) is 5.75 Å². The number of hydrogen-bond donors (Lipinski definition) is 2. The molecule has 0 bridgehead atoms. The average molecular weight is 246 g/mol. The summed E-state index contributed by atoms with van der Waals surface area (Å²) in [5.41, 5.74) is 5.27. The van der Waals surface area contributed by atoms with Crippen LogP contribution < -0.4 is 10.5 Å². The summed E-state index contributed by atoms with van der Waals surface area (Å²) in [6, 6.07) is 5.95. The molecule has 0 fully saturated rings. The Kier molecular flexibility index (Phi) is 3.47. The SMILES string of the molecule is N=C(N)c1c(F)cccc1OCc1ncccn1. The monoisotopic (exact) mass is 246 g/mol. The van der Waals surface area contributed by atoms with E-state index in [0.29, 0.717) is 5.82 Å². The van der Waals surface area contributed by atoms with Crippen molar-refractivity contribution in [2.24, 2.45) is 5.73 Å². The van der Waals surface area contributed by atoms with E-state index < -0.39 is 5.82 Å². The fourth-order valence-electron chi connectivity index (χ4n) is 1.43. The van der Waals surface area contributed by atoms with Crippen LogP contribution in [0.1, 0.15) is 11.4 Å². The van der Waals surface area contributed by atoms with E-state index in [-0.39, 0.29) is 23.8 Å². The number of nitrogens with zero attached hydrogens (tertiary/aromatic N) is 2. The number of ether oxygens (including phenoxy) is 1. The molecule has 0 aliphatic carbocycles. The highest BCUT2D eigenvalue weighted by Crippen LogP contribution is 2.21. The molecule has 6 heteroatoms. The maximum Gasteiger partial charge on any atom is 0.166 e. The highest BCUT2D eigenvalue weighted by Gasteiger charge is 2.12. The van der Waals surface area contributed by atoms with Crippen LogP contribution in [0.15, 0.2) is 36.7 Å².